The molecule has 2 fully saturated rings. The first-order valence-corrected chi connectivity index (χ1v) is 8.47. The average Bonchev–Trinajstić information content (AvgIpc) is 2.90. The Kier molecular flexibility index (Phi) is 5.54. The molecule has 10 atom stereocenters. The molecule has 0 amide bonds. The Hall–Kier alpha value is -1.27. The van der Waals surface area contributed by atoms with Gasteiger partial charge in [-0.05, 0) is 12.3 Å². The molecule has 10 heteroatoms. The maximum absolute atomic E-state index is 11.3. The van der Waals surface area contributed by atoms with Gasteiger partial charge in [-0.25, -0.2) is 0 Å². The fourth-order valence-electron chi connectivity index (χ4n) is 3.98. The van der Waals surface area contributed by atoms with Crippen molar-refractivity contribution >= 4 is 5.97 Å². The van der Waals surface area contributed by atoms with Gasteiger partial charge in [-0.3, -0.25) is 0 Å². The number of rotatable bonds is 4. The molecule has 0 aromatic heterocycles. The minimum absolute atomic E-state index is 0.0768. The Morgan fingerprint density at radius 3 is 2.54 bits per heavy atom. The second-order valence-electron chi connectivity index (χ2n) is 7.04. The maximum Gasteiger partial charge on any atom is 0.205 e. The molecule has 148 valence electrons. The van der Waals surface area contributed by atoms with Crippen LogP contribution in [0.15, 0.2) is 11.8 Å². The van der Waals surface area contributed by atoms with Crippen molar-refractivity contribution < 1.29 is 49.6 Å². The number of fused-ring (bicyclic) bond motifs is 1. The third-order valence-electron chi connectivity index (χ3n) is 5.57. The zero-order valence-corrected chi connectivity index (χ0v) is 14.0. The van der Waals surface area contributed by atoms with E-state index in [1.54, 1.807) is 6.92 Å². The second kappa shape index (κ2) is 7.39. The highest BCUT2D eigenvalue weighted by Gasteiger charge is 2.52. The Morgan fingerprint density at radius 2 is 1.92 bits per heavy atom. The number of carbonyl (C=O) groups excluding carboxylic acids is 1. The summed E-state index contributed by atoms with van der Waals surface area (Å²) in [5.74, 6) is -2.87. The van der Waals surface area contributed by atoms with Crippen molar-refractivity contribution in [2.45, 2.75) is 56.4 Å². The average molecular weight is 375 g/mol. The van der Waals surface area contributed by atoms with Gasteiger partial charge in [-0.1, -0.05) is 6.92 Å². The van der Waals surface area contributed by atoms with Gasteiger partial charge < -0.3 is 49.6 Å². The van der Waals surface area contributed by atoms with Gasteiger partial charge in [0.15, 0.2) is 6.29 Å². The van der Waals surface area contributed by atoms with E-state index in [1.165, 1.54) is 0 Å². The van der Waals surface area contributed by atoms with Crippen molar-refractivity contribution in [3.8, 4) is 0 Å². The van der Waals surface area contributed by atoms with Crippen molar-refractivity contribution in [3.05, 3.63) is 11.8 Å². The first-order valence-electron chi connectivity index (χ1n) is 8.47. The smallest absolute Gasteiger partial charge is 0.205 e. The largest absolute Gasteiger partial charge is 0.545 e. The molecule has 0 unspecified atom stereocenters. The van der Waals surface area contributed by atoms with Gasteiger partial charge >= 0.3 is 0 Å². The molecule has 1 saturated carbocycles. The van der Waals surface area contributed by atoms with Gasteiger partial charge in [0, 0.05) is 17.4 Å². The summed E-state index contributed by atoms with van der Waals surface area (Å²) >= 11 is 0. The zero-order valence-electron chi connectivity index (χ0n) is 14.0. The fourth-order valence-corrected chi connectivity index (χ4v) is 3.98. The predicted molar refractivity (Wildman–Crippen MR) is 79.6 cm³/mol. The normalized spacial score (nSPS) is 48.5. The van der Waals surface area contributed by atoms with E-state index in [1.807, 2.05) is 0 Å². The summed E-state index contributed by atoms with van der Waals surface area (Å²) < 4.78 is 16.3. The van der Waals surface area contributed by atoms with Crippen LogP contribution >= 0.6 is 0 Å². The fraction of sp³-hybridized carbons (Fsp3) is 0.812. The molecule has 26 heavy (non-hydrogen) atoms. The van der Waals surface area contributed by atoms with Crippen LogP contribution in [0.5, 0.6) is 0 Å². The highest BCUT2D eigenvalue weighted by Crippen LogP contribution is 2.47. The lowest BCUT2D eigenvalue weighted by Gasteiger charge is -2.43. The summed E-state index contributed by atoms with van der Waals surface area (Å²) in [6.45, 7) is 1.12. The van der Waals surface area contributed by atoms with E-state index in [0.717, 1.165) is 6.26 Å². The van der Waals surface area contributed by atoms with Crippen molar-refractivity contribution in [2.24, 2.45) is 17.8 Å². The van der Waals surface area contributed by atoms with Crippen molar-refractivity contribution in [1.29, 1.82) is 0 Å². The molecule has 0 aromatic rings. The van der Waals surface area contributed by atoms with E-state index in [2.05, 4.69) is 0 Å². The molecule has 0 radical (unpaired) electrons. The number of carboxylic acids is 1. The van der Waals surface area contributed by atoms with E-state index in [-0.39, 0.29) is 17.9 Å². The topological polar surface area (TPSA) is 169 Å². The summed E-state index contributed by atoms with van der Waals surface area (Å²) in [5, 5.41) is 60.4. The lowest BCUT2D eigenvalue weighted by molar-refractivity contribution is -0.343. The monoisotopic (exact) mass is 375 g/mol. The van der Waals surface area contributed by atoms with E-state index in [9.17, 15) is 35.4 Å². The first-order chi connectivity index (χ1) is 12.3. The summed E-state index contributed by atoms with van der Waals surface area (Å²) in [6, 6.07) is 0. The Bertz CT molecular complexity index is 563. The van der Waals surface area contributed by atoms with Crippen LogP contribution < -0.4 is 5.11 Å². The molecule has 3 aliphatic rings. The molecule has 1 saturated heterocycles. The number of carboxylic acid groups (broad SMARTS) is 1. The van der Waals surface area contributed by atoms with Crippen LogP contribution in [0.3, 0.4) is 0 Å². The highest BCUT2D eigenvalue weighted by molar-refractivity contribution is 5.85. The first kappa shape index (κ1) is 19.5. The third kappa shape index (κ3) is 3.22. The van der Waals surface area contributed by atoms with E-state index in [4.69, 9.17) is 14.2 Å². The zero-order chi connectivity index (χ0) is 19.2. The number of carbonyl (C=O) groups is 1. The van der Waals surface area contributed by atoms with Gasteiger partial charge in [0.05, 0.1) is 24.9 Å². The molecule has 5 N–H and O–H groups in total. The van der Waals surface area contributed by atoms with Crippen LogP contribution in [0.1, 0.15) is 13.3 Å². The number of aliphatic carboxylic acids is 1. The van der Waals surface area contributed by atoms with Gasteiger partial charge in [0.25, 0.3) is 0 Å². The van der Waals surface area contributed by atoms with Crippen LogP contribution in [0.2, 0.25) is 0 Å². The molecule has 3 rings (SSSR count). The summed E-state index contributed by atoms with van der Waals surface area (Å²) in [7, 11) is 0. The second-order valence-corrected chi connectivity index (χ2v) is 7.04. The summed E-state index contributed by atoms with van der Waals surface area (Å²) in [5.41, 5.74) is -0.0768. The minimum Gasteiger partial charge on any atom is -0.545 e. The molecule has 1 aliphatic carbocycles. The van der Waals surface area contributed by atoms with Crippen molar-refractivity contribution in [2.75, 3.05) is 6.61 Å². The van der Waals surface area contributed by atoms with Gasteiger partial charge in [-0.2, -0.15) is 0 Å². The Labute approximate surface area is 149 Å². The molecular formula is C16H23O10-. The van der Waals surface area contributed by atoms with Gasteiger partial charge in [-0.15, -0.1) is 0 Å². The number of aliphatic hydroxyl groups excluding tert-OH is 5. The number of aliphatic hydroxyl groups is 5. The van der Waals surface area contributed by atoms with Crippen LogP contribution in [0, 0.1) is 17.8 Å². The van der Waals surface area contributed by atoms with Gasteiger partial charge in [0.1, 0.15) is 24.4 Å². The number of ether oxygens (including phenoxy) is 3. The minimum atomic E-state index is -1.61. The highest BCUT2D eigenvalue weighted by atomic mass is 16.8. The third-order valence-corrected chi connectivity index (χ3v) is 5.57. The molecule has 2 heterocycles. The lowest BCUT2D eigenvalue weighted by atomic mass is 9.83. The standard InChI is InChI=1S/C16H24O10/c1-5-8(18)2-6-7(14(22)23)4-24-15(10(5)6)26-16-13(21)12(20)11(19)9(3-17)25-16/h4-6,8-13,15-21H,2-3H2,1H3,(H,22,23)/p-1/t5-,6+,8-,9+,10+,11+,12-,13+,15-,16-/m0/s1. The molecule has 0 aromatic carbocycles. The molecule has 0 spiro atoms. The Morgan fingerprint density at radius 1 is 1.23 bits per heavy atom. The number of hydrogen-bond acceptors (Lipinski definition) is 10. The molecule has 10 nitrogen and oxygen atoms in total. The molecule has 0 bridgehead atoms. The van der Waals surface area contributed by atoms with Crippen molar-refractivity contribution in [1.82, 2.24) is 0 Å². The SMILES string of the molecule is C[C@@H]1[C@H]2[C@H](O[C@@H]3O[C@H](CO)[C@@H](O)[C@H](O)[C@H]3O)OC=C(C(=O)[O-])[C@H]2C[C@@H]1O. The van der Waals surface area contributed by atoms with Gasteiger partial charge in [0.2, 0.25) is 6.29 Å². The summed E-state index contributed by atoms with van der Waals surface area (Å²) in [4.78, 5) is 11.3. The van der Waals surface area contributed by atoms with E-state index >= 15 is 0 Å². The van der Waals surface area contributed by atoms with E-state index in [0.29, 0.717) is 0 Å². The van der Waals surface area contributed by atoms with Crippen LogP contribution in [-0.4, -0.2) is 81.2 Å². The summed E-state index contributed by atoms with van der Waals surface area (Å²) in [6.07, 6.45) is -7.93. The molecular weight excluding hydrogens is 352 g/mol. The maximum atomic E-state index is 11.3. The van der Waals surface area contributed by atoms with Crippen LogP contribution in [-0.2, 0) is 19.0 Å². The number of hydrogen-bond donors (Lipinski definition) is 5. The van der Waals surface area contributed by atoms with Crippen LogP contribution in [0.4, 0.5) is 0 Å². The quantitative estimate of drug-likeness (QED) is 0.331. The predicted octanol–water partition coefficient (Wildman–Crippen LogP) is -3.57. The van der Waals surface area contributed by atoms with Crippen molar-refractivity contribution in [3.63, 3.8) is 0 Å². The molecule has 2 aliphatic heterocycles. The van der Waals surface area contributed by atoms with Crippen LogP contribution in [0.25, 0.3) is 0 Å². The lowest BCUT2D eigenvalue weighted by Crippen LogP contribution is -2.60. The Balaban J connectivity index is 1.79. The van der Waals surface area contributed by atoms with E-state index < -0.39 is 67.5 Å².